The summed E-state index contributed by atoms with van der Waals surface area (Å²) in [6, 6.07) is 13.2. The Morgan fingerprint density at radius 2 is 1.70 bits per heavy atom. The number of piperazine rings is 1. The summed E-state index contributed by atoms with van der Waals surface area (Å²) in [4.78, 5) is 11.2. The van der Waals surface area contributed by atoms with Gasteiger partial charge >= 0.3 is 0 Å². The molecule has 2 aromatic heterocycles. The summed E-state index contributed by atoms with van der Waals surface area (Å²) in [6.45, 7) is 5.75. The van der Waals surface area contributed by atoms with Crippen LogP contribution < -0.4 is 10.2 Å². The van der Waals surface area contributed by atoms with Crippen LogP contribution in [0.2, 0.25) is 4.34 Å². The summed E-state index contributed by atoms with van der Waals surface area (Å²) in [5.74, 6) is 1.31. The van der Waals surface area contributed by atoms with Crippen LogP contribution in [0.25, 0.3) is 0 Å². The van der Waals surface area contributed by atoms with Crippen molar-refractivity contribution in [3.05, 3.63) is 58.1 Å². The first-order valence-corrected chi connectivity index (χ1v) is 12.1. The maximum Gasteiger partial charge on any atom is 0.252 e. The van der Waals surface area contributed by atoms with Crippen molar-refractivity contribution in [2.24, 2.45) is 0 Å². The van der Waals surface area contributed by atoms with Gasteiger partial charge in [0.1, 0.15) is 10.0 Å². The van der Waals surface area contributed by atoms with Crippen molar-refractivity contribution in [1.29, 1.82) is 0 Å². The summed E-state index contributed by atoms with van der Waals surface area (Å²) < 4.78 is 27.8. The third-order valence-electron chi connectivity index (χ3n) is 4.83. The monoisotopic (exact) mass is 463 g/mol. The molecule has 1 N–H and O–H groups in total. The number of halogens is 1. The third kappa shape index (κ3) is 4.59. The number of nitrogens with zero attached hydrogens (tertiary/aromatic N) is 4. The van der Waals surface area contributed by atoms with E-state index in [0.717, 1.165) is 22.7 Å². The van der Waals surface area contributed by atoms with Crippen molar-refractivity contribution < 1.29 is 8.42 Å². The predicted molar refractivity (Wildman–Crippen MR) is 122 cm³/mol. The molecule has 0 bridgehead atoms. The highest BCUT2D eigenvalue weighted by Crippen LogP contribution is 2.29. The van der Waals surface area contributed by atoms with Gasteiger partial charge in [-0.1, -0.05) is 29.3 Å². The van der Waals surface area contributed by atoms with Gasteiger partial charge in [-0.15, -0.1) is 11.3 Å². The van der Waals surface area contributed by atoms with Gasteiger partial charge in [0.2, 0.25) is 5.95 Å². The molecular weight excluding hydrogens is 442 g/mol. The average Bonchev–Trinajstić information content (AvgIpc) is 3.17. The highest BCUT2D eigenvalue weighted by molar-refractivity contribution is 7.91. The van der Waals surface area contributed by atoms with Crippen LogP contribution in [0.1, 0.15) is 11.3 Å². The van der Waals surface area contributed by atoms with Crippen LogP contribution in [0.3, 0.4) is 0 Å². The van der Waals surface area contributed by atoms with Crippen LogP contribution in [0.15, 0.2) is 46.7 Å². The molecule has 0 atom stereocenters. The second-order valence-electron chi connectivity index (χ2n) is 7.14. The SMILES string of the molecule is Cc1ccc(Nc2cc(C)nc(N3CCN(S(=O)(=O)c4ccc(Cl)s4)CC3)n2)cc1. The Hall–Kier alpha value is -2.20. The number of aryl methyl sites for hydroxylation is 2. The summed E-state index contributed by atoms with van der Waals surface area (Å²) in [7, 11) is -3.52. The quantitative estimate of drug-likeness (QED) is 0.614. The molecule has 3 heterocycles. The molecule has 7 nitrogen and oxygen atoms in total. The van der Waals surface area contributed by atoms with E-state index in [1.54, 1.807) is 12.1 Å². The molecular formula is C20H22ClN5O2S2. The van der Waals surface area contributed by atoms with Crippen LogP contribution in [0.4, 0.5) is 17.5 Å². The van der Waals surface area contributed by atoms with Gasteiger partial charge < -0.3 is 10.2 Å². The Kier molecular flexibility index (Phi) is 5.97. The molecule has 0 spiro atoms. The van der Waals surface area contributed by atoms with Gasteiger partial charge in [-0.3, -0.25) is 0 Å². The zero-order valence-electron chi connectivity index (χ0n) is 16.7. The fourth-order valence-corrected chi connectivity index (χ4v) is 6.29. The lowest BCUT2D eigenvalue weighted by atomic mass is 10.2. The normalized spacial score (nSPS) is 15.4. The van der Waals surface area contributed by atoms with E-state index in [-0.39, 0.29) is 4.21 Å². The van der Waals surface area contributed by atoms with Crippen molar-refractivity contribution in [3.63, 3.8) is 0 Å². The van der Waals surface area contributed by atoms with Gasteiger partial charge in [-0.05, 0) is 38.1 Å². The molecule has 0 aliphatic carbocycles. The van der Waals surface area contributed by atoms with Crippen LogP contribution in [-0.4, -0.2) is 48.9 Å². The lowest BCUT2D eigenvalue weighted by Crippen LogP contribution is -2.49. The van der Waals surface area contributed by atoms with E-state index in [2.05, 4.69) is 15.3 Å². The summed E-state index contributed by atoms with van der Waals surface area (Å²) in [6.07, 6.45) is 0. The summed E-state index contributed by atoms with van der Waals surface area (Å²) >= 11 is 6.99. The standard InChI is InChI=1S/C20H22ClN5O2S2/c1-14-3-5-16(6-4-14)23-18-13-15(2)22-20(24-18)25-9-11-26(12-10-25)30(27,28)19-8-7-17(21)29-19/h3-8,13H,9-12H2,1-2H3,(H,22,23,24). The fraction of sp³-hybridized carbons (Fsp3) is 0.300. The highest BCUT2D eigenvalue weighted by Gasteiger charge is 2.30. The number of nitrogens with one attached hydrogen (secondary N) is 1. The van der Waals surface area contributed by atoms with Gasteiger partial charge in [-0.2, -0.15) is 9.29 Å². The molecule has 1 aromatic carbocycles. The Morgan fingerprint density at radius 3 is 2.33 bits per heavy atom. The van der Waals surface area contributed by atoms with Gasteiger partial charge in [0.05, 0.1) is 4.34 Å². The molecule has 0 unspecified atom stereocenters. The van der Waals surface area contributed by atoms with E-state index in [1.807, 2.05) is 49.1 Å². The molecule has 1 saturated heterocycles. The van der Waals surface area contributed by atoms with Gasteiger partial charge in [0, 0.05) is 43.6 Å². The number of rotatable bonds is 5. The average molecular weight is 464 g/mol. The number of hydrogen-bond donors (Lipinski definition) is 1. The molecule has 1 fully saturated rings. The minimum atomic E-state index is -3.52. The molecule has 0 radical (unpaired) electrons. The van der Waals surface area contributed by atoms with Crippen LogP contribution in [0.5, 0.6) is 0 Å². The second-order valence-corrected chi connectivity index (χ2v) is 11.0. The Balaban J connectivity index is 1.47. The van der Waals surface area contributed by atoms with Crippen molar-refractivity contribution in [3.8, 4) is 0 Å². The highest BCUT2D eigenvalue weighted by atomic mass is 35.5. The van der Waals surface area contributed by atoms with E-state index in [0.29, 0.717) is 42.3 Å². The van der Waals surface area contributed by atoms with Crippen LogP contribution in [0, 0.1) is 13.8 Å². The zero-order valence-corrected chi connectivity index (χ0v) is 19.1. The molecule has 1 aliphatic heterocycles. The number of benzene rings is 1. The van der Waals surface area contributed by atoms with Crippen molar-refractivity contribution in [2.75, 3.05) is 36.4 Å². The summed E-state index contributed by atoms with van der Waals surface area (Å²) in [5.41, 5.74) is 2.99. The maximum absolute atomic E-state index is 12.8. The van der Waals surface area contributed by atoms with E-state index in [9.17, 15) is 8.42 Å². The van der Waals surface area contributed by atoms with Crippen LogP contribution >= 0.6 is 22.9 Å². The van der Waals surface area contributed by atoms with Crippen molar-refractivity contribution >= 4 is 50.4 Å². The molecule has 4 rings (SSSR count). The zero-order chi connectivity index (χ0) is 21.3. The fourth-order valence-electron chi connectivity index (χ4n) is 3.24. The minimum Gasteiger partial charge on any atom is -0.340 e. The second kappa shape index (κ2) is 8.50. The number of aromatic nitrogens is 2. The molecule has 0 amide bonds. The number of thiophene rings is 1. The Labute approximate surface area is 185 Å². The van der Waals surface area contributed by atoms with Gasteiger partial charge in [0.15, 0.2) is 0 Å². The lowest BCUT2D eigenvalue weighted by Gasteiger charge is -2.33. The predicted octanol–water partition coefficient (Wildman–Crippen LogP) is 4.06. The molecule has 158 valence electrons. The van der Waals surface area contributed by atoms with E-state index in [4.69, 9.17) is 11.6 Å². The molecule has 0 saturated carbocycles. The first kappa shape index (κ1) is 21.0. The molecule has 1 aliphatic rings. The van der Waals surface area contributed by atoms with E-state index >= 15 is 0 Å². The van der Waals surface area contributed by atoms with Crippen LogP contribution in [-0.2, 0) is 10.0 Å². The Morgan fingerprint density at radius 1 is 1.00 bits per heavy atom. The van der Waals surface area contributed by atoms with Crippen molar-refractivity contribution in [2.45, 2.75) is 18.1 Å². The minimum absolute atomic E-state index is 0.275. The van der Waals surface area contributed by atoms with Gasteiger partial charge in [-0.25, -0.2) is 13.4 Å². The smallest absolute Gasteiger partial charge is 0.252 e. The van der Waals surface area contributed by atoms with E-state index in [1.165, 1.54) is 9.87 Å². The Bertz CT molecular complexity index is 1140. The largest absolute Gasteiger partial charge is 0.340 e. The topological polar surface area (TPSA) is 78.4 Å². The molecule has 30 heavy (non-hydrogen) atoms. The third-order valence-corrected chi connectivity index (χ3v) is 8.43. The number of hydrogen-bond acceptors (Lipinski definition) is 7. The lowest BCUT2D eigenvalue weighted by molar-refractivity contribution is 0.383. The number of sulfonamides is 1. The molecule has 10 heteroatoms. The van der Waals surface area contributed by atoms with Crippen molar-refractivity contribution in [1.82, 2.24) is 14.3 Å². The summed E-state index contributed by atoms with van der Waals surface area (Å²) in [5, 5.41) is 3.31. The maximum atomic E-state index is 12.8. The number of anilines is 3. The first-order chi connectivity index (χ1) is 14.3. The molecule has 3 aromatic rings. The first-order valence-electron chi connectivity index (χ1n) is 9.51. The van der Waals surface area contributed by atoms with E-state index < -0.39 is 10.0 Å². The van der Waals surface area contributed by atoms with Gasteiger partial charge in [0.25, 0.3) is 10.0 Å².